The molecule has 0 aliphatic carbocycles. The first-order valence-electron chi connectivity index (χ1n) is 8.99. The first kappa shape index (κ1) is 20.2. The van der Waals surface area contributed by atoms with E-state index < -0.39 is 5.60 Å². The van der Waals surface area contributed by atoms with E-state index in [0.717, 1.165) is 33.8 Å². The lowest BCUT2D eigenvalue weighted by Gasteiger charge is -2.34. The lowest BCUT2D eigenvalue weighted by molar-refractivity contribution is 0.0210. The number of thioether (sulfide) groups is 1. The minimum atomic E-state index is -0.476. The van der Waals surface area contributed by atoms with E-state index in [1.165, 1.54) is 23.1 Å². The van der Waals surface area contributed by atoms with Gasteiger partial charge in [-0.05, 0) is 45.9 Å². The zero-order valence-corrected chi connectivity index (χ0v) is 17.7. The van der Waals surface area contributed by atoms with Crippen molar-refractivity contribution in [1.29, 1.82) is 0 Å². The summed E-state index contributed by atoms with van der Waals surface area (Å²) in [6.07, 6.45) is 3.36. The smallest absolute Gasteiger partial charge is 0.410 e. The molecule has 1 aliphatic rings. The topological polar surface area (TPSA) is 87.6 Å². The van der Waals surface area contributed by atoms with Crippen molar-refractivity contribution in [3.05, 3.63) is 10.9 Å². The zero-order valence-electron chi connectivity index (χ0n) is 16.1. The molecular formula is C18H26N4O3S2. The van der Waals surface area contributed by atoms with E-state index >= 15 is 0 Å². The molecule has 2 aromatic heterocycles. The van der Waals surface area contributed by atoms with Crippen molar-refractivity contribution in [3.63, 3.8) is 0 Å². The Morgan fingerprint density at radius 3 is 2.70 bits per heavy atom. The minimum absolute atomic E-state index is 0.00332. The number of nitrogens with zero attached hydrogens (tertiary/aromatic N) is 3. The van der Waals surface area contributed by atoms with Gasteiger partial charge in [-0.25, -0.2) is 14.8 Å². The summed E-state index contributed by atoms with van der Waals surface area (Å²) >= 11 is 2.99. The number of anilines is 1. The predicted molar refractivity (Wildman–Crippen MR) is 110 cm³/mol. The summed E-state index contributed by atoms with van der Waals surface area (Å²) in [4.78, 5) is 24.9. The normalized spacial score (nSPS) is 16.0. The van der Waals surface area contributed by atoms with Gasteiger partial charge in [-0.1, -0.05) is 11.8 Å². The number of likely N-dealkylation sites (tertiary alicyclic amines) is 1. The highest BCUT2D eigenvalue weighted by molar-refractivity contribution is 7.98. The molecule has 3 rings (SSSR count). The second kappa shape index (κ2) is 8.20. The van der Waals surface area contributed by atoms with Crippen molar-refractivity contribution in [2.75, 3.05) is 24.7 Å². The van der Waals surface area contributed by atoms with Gasteiger partial charge in [-0.15, -0.1) is 11.3 Å². The van der Waals surface area contributed by atoms with Crippen molar-refractivity contribution in [1.82, 2.24) is 14.9 Å². The molecule has 0 bridgehead atoms. The van der Waals surface area contributed by atoms with Crippen LogP contribution in [0.1, 0.15) is 38.5 Å². The maximum absolute atomic E-state index is 12.2. The van der Waals surface area contributed by atoms with Gasteiger partial charge in [0.1, 0.15) is 16.2 Å². The maximum Gasteiger partial charge on any atom is 0.410 e. The van der Waals surface area contributed by atoms with Gasteiger partial charge in [0.25, 0.3) is 0 Å². The number of hydrogen-bond acceptors (Lipinski definition) is 8. The van der Waals surface area contributed by atoms with E-state index in [9.17, 15) is 9.90 Å². The number of piperidine rings is 1. The molecule has 1 fully saturated rings. The van der Waals surface area contributed by atoms with Crippen molar-refractivity contribution in [3.8, 4) is 0 Å². The SMILES string of the molecule is CSc1nc(NC2CCN(C(=O)OC(C)(C)C)CC2)c2cc(CO)sc2n1. The Kier molecular flexibility index (Phi) is 6.12. The maximum atomic E-state index is 12.2. The zero-order chi connectivity index (χ0) is 19.6. The number of aliphatic hydroxyl groups is 1. The molecule has 0 saturated carbocycles. The van der Waals surface area contributed by atoms with Crippen molar-refractivity contribution >= 4 is 45.2 Å². The van der Waals surface area contributed by atoms with Crippen LogP contribution in [0.4, 0.5) is 10.6 Å². The summed E-state index contributed by atoms with van der Waals surface area (Å²) in [6, 6.07) is 2.18. The van der Waals surface area contributed by atoms with Crippen LogP contribution in [-0.2, 0) is 11.3 Å². The van der Waals surface area contributed by atoms with Gasteiger partial charge in [0.15, 0.2) is 5.16 Å². The van der Waals surface area contributed by atoms with Crippen molar-refractivity contribution < 1.29 is 14.6 Å². The average Bonchev–Trinajstić information content (AvgIpc) is 3.04. The molecule has 1 aliphatic heterocycles. The van der Waals surface area contributed by atoms with Crippen LogP contribution in [-0.4, -0.2) is 57.1 Å². The molecule has 9 heteroatoms. The molecule has 148 valence electrons. The number of thiophene rings is 1. The third-order valence-corrected chi connectivity index (χ3v) is 5.81. The number of rotatable bonds is 4. The van der Waals surface area contributed by atoms with Gasteiger partial charge >= 0.3 is 6.09 Å². The number of carbonyl (C=O) groups excluding carboxylic acids is 1. The lowest BCUT2D eigenvalue weighted by Crippen LogP contribution is -2.44. The Morgan fingerprint density at radius 2 is 2.11 bits per heavy atom. The van der Waals surface area contributed by atoms with Crippen LogP contribution in [0.5, 0.6) is 0 Å². The third-order valence-electron chi connectivity index (χ3n) is 4.25. The largest absolute Gasteiger partial charge is 0.444 e. The molecular weight excluding hydrogens is 384 g/mol. The van der Waals surface area contributed by atoms with Crippen LogP contribution in [0.3, 0.4) is 0 Å². The number of aliphatic hydroxyl groups excluding tert-OH is 1. The highest BCUT2D eigenvalue weighted by Gasteiger charge is 2.27. The number of fused-ring (bicyclic) bond motifs is 1. The van der Waals surface area contributed by atoms with E-state index in [-0.39, 0.29) is 18.7 Å². The first-order valence-corrected chi connectivity index (χ1v) is 11.0. The molecule has 2 N–H and O–H groups in total. The predicted octanol–water partition coefficient (Wildman–Crippen LogP) is 3.72. The summed E-state index contributed by atoms with van der Waals surface area (Å²) in [7, 11) is 0. The van der Waals surface area contributed by atoms with E-state index in [4.69, 9.17) is 4.74 Å². The van der Waals surface area contributed by atoms with Crippen LogP contribution in [0, 0.1) is 0 Å². The van der Waals surface area contributed by atoms with Crippen LogP contribution in [0.2, 0.25) is 0 Å². The first-order chi connectivity index (χ1) is 12.8. The highest BCUT2D eigenvalue weighted by Crippen LogP contribution is 2.32. The summed E-state index contributed by atoms with van der Waals surface area (Å²) in [5, 5.41) is 14.6. The number of aromatic nitrogens is 2. The lowest BCUT2D eigenvalue weighted by atomic mass is 10.1. The Balaban J connectivity index is 1.68. The molecule has 1 saturated heterocycles. The summed E-state index contributed by atoms with van der Waals surface area (Å²) in [5.41, 5.74) is -0.476. The molecule has 1 amide bonds. The van der Waals surface area contributed by atoms with Crippen LogP contribution >= 0.6 is 23.1 Å². The Morgan fingerprint density at radius 1 is 1.41 bits per heavy atom. The van der Waals surface area contributed by atoms with Gasteiger partial charge in [0.05, 0.1) is 12.0 Å². The number of hydrogen-bond donors (Lipinski definition) is 2. The number of nitrogens with one attached hydrogen (secondary N) is 1. The van der Waals surface area contributed by atoms with Gasteiger partial charge in [0, 0.05) is 24.0 Å². The van der Waals surface area contributed by atoms with Gasteiger partial charge in [0.2, 0.25) is 0 Å². The van der Waals surface area contributed by atoms with E-state index in [0.29, 0.717) is 18.2 Å². The number of amides is 1. The molecule has 0 unspecified atom stereocenters. The van der Waals surface area contributed by atoms with Crippen LogP contribution < -0.4 is 5.32 Å². The Labute approximate surface area is 167 Å². The van der Waals surface area contributed by atoms with E-state index in [2.05, 4.69) is 15.3 Å². The molecule has 0 radical (unpaired) electrons. The minimum Gasteiger partial charge on any atom is -0.444 e. The molecule has 0 aromatic carbocycles. The van der Waals surface area contributed by atoms with Gasteiger partial charge in [-0.3, -0.25) is 0 Å². The van der Waals surface area contributed by atoms with E-state index in [1.807, 2.05) is 33.1 Å². The molecule has 0 spiro atoms. The third kappa shape index (κ3) is 5.03. The molecule has 2 aromatic rings. The molecule has 7 nitrogen and oxygen atoms in total. The van der Waals surface area contributed by atoms with Crippen LogP contribution in [0.15, 0.2) is 11.2 Å². The monoisotopic (exact) mass is 410 g/mol. The van der Waals surface area contributed by atoms with E-state index in [1.54, 1.807) is 4.90 Å². The highest BCUT2D eigenvalue weighted by atomic mass is 32.2. The van der Waals surface area contributed by atoms with Gasteiger partial charge < -0.3 is 20.1 Å². The fourth-order valence-corrected chi connectivity index (χ4v) is 4.27. The summed E-state index contributed by atoms with van der Waals surface area (Å²) < 4.78 is 5.45. The second-order valence-electron chi connectivity index (χ2n) is 7.53. The number of carbonyl (C=O) groups is 1. The van der Waals surface area contributed by atoms with Crippen molar-refractivity contribution in [2.24, 2.45) is 0 Å². The molecule has 0 atom stereocenters. The Bertz CT molecular complexity index is 811. The summed E-state index contributed by atoms with van der Waals surface area (Å²) in [5.74, 6) is 0.802. The fraction of sp³-hybridized carbons (Fsp3) is 0.611. The molecule has 27 heavy (non-hydrogen) atoms. The van der Waals surface area contributed by atoms with Gasteiger partial charge in [-0.2, -0.15) is 0 Å². The average molecular weight is 411 g/mol. The quantitative estimate of drug-likeness (QED) is 0.587. The fourth-order valence-electron chi connectivity index (χ4n) is 2.96. The second-order valence-corrected chi connectivity index (χ2v) is 9.42. The standard InChI is InChI=1S/C18H26N4O3S2/c1-18(2,3)25-17(24)22-7-5-11(6-8-22)19-14-13-9-12(10-23)27-15(13)21-16(20-14)26-4/h9,11,23H,5-8,10H2,1-4H3,(H,19,20,21). The Hall–Kier alpha value is -1.58. The number of ether oxygens (including phenoxy) is 1. The van der Waals surface area contributed by atoms with Crippen LogP contribution in [0.25, 0.3) is 10.2 Å². The summed E-state index contributed by atoms with van der Waals surface area (Å²) in [6.45, 7) is 6.95. The van der Waals surface area contributed by atoms with Crippen molar-refractivity contribution in [2.45, 2.75) is 57.0 Å². The molecule has 3 heterocycles.